The lowest BCUT2D eigenvalue weighted by molar-refractivity contribution is -0.128. The van der Waals surface area contributed by atoms with Crippen LogP contribution < -0.4 is 5.43 Å². The maximum Gasteiger partial charge on any atom is 0.271 e. The van der Waals surface area contributed by atoms with E-state index in [1.165, 1.54) is 6.21 Å². The van der Waals surface area contributed by atoms with Gasteiger partial charge in [0, 0.05) is 22.7 Å². The van der Waals surface area contributed by atoms with Gasteiger partial charge >= 0.3 is 0 Å². The van der Waals surface area contributed by atoms with Gasteiger partial charge in [-0.1, -0.05) is 65.7 Å². The number of hydrogen-bond acceptors (Lipinski definition) is 5. The summed E-state index contributed by atoms with van der Waals surface area (Å²) >= 11 is 13.8. The van der Waals surface area contributed by atoms with Gasteiger partial charge in [0.2, 0.25) is 5.91 Å². The van der Waals surface area contributed by atoms with E-state index in [-0.39, 0.29) is 17.2 Å². The number of rotatable bonds is 7. The molecule has 1 N–H and O–H groups in total. The topological polar surface area (TPSA) is 74.9 Å². The molecule has 0 bridgehead atoms. The van der Waals surface area contributed by atoms with Crippen molar-refractivity contribution in [1.29, 1.82) is 0 Å². The van der Waals surface area contributed by atoms with E-state index in [1.54, 1.807) is 54.2 Å². The Hall–Kier alpha value is -3.52. The second-order valence-electron chi connectivity index (χ2n) is 8.32. The van der Waals surface area contributed by atoms with Crippen LogP contribution >= 0.6 is 35.0 Å². The normalized spacial score (nSPS) is 15.5. The lowest BCUT2D eigenvalue weighted by Crippen LogP contribution is -2.27. The van der Waals surface area contributed by atoms with E-state index in [9.17, 15) is 9.59 Å². The van der Waals surface area contributed by atoms with E-state index in [0.717, 1.165) is 11.1 Å². The Labute approximate surface area is 228 Å². The molecule has 2 heterocycles. The number of carbonyl (C=O) groups is 2. The highest BCUT2D eigenvalue weighted by molar-refractivity contribution is 8.00. The zero-order valence-electron chi connectivity index (χ0n) is 19.4. The van der Waals surface area contributed by atoms with Gasteiger partial charge in [-0.3, -0.25) is 9.59 Å². The van der Waals surface area contributed by atoms with Crippen LogP contribution in [-0.2, 0) is 11.3 Å². The summed E-state index contributed by atoms with van der Waals surface area (Å²) < 4.78 is 5.75. The summed E-state index contributed by atoms with van der Waals surface area (Å²) in [6, 6.07) is 25.8. The number of carbonyl (C=O) groups excluding carboxylic acids is 2. The van der Waals surface area contributed by atoms with Gasteiger partial charge in [-0.2, -0.15) is 5.10 Å². The minimum Gasteiger partial charge on any atom is -0.455 e. The predicted octanol–water partition coefficient (Wildman–Crippen LogP) is 6.79. The molecule has 0 aliphatic carbocycles. The number of hydrogen-bond donors (Lipinski definition) is 1. The van der Waals surface area contributed by atoms with Crippen molar-refractivity contribution in [1.82, 2.24) is 10.3 Å². The van der Waals surface area contributed by atoms with Crippen LogP contribution in [0.4, 0.5) is 0 Å². The standard InChI is InChI=1S/C28H21Cl2N3O3S/c29-21-10-12-23(24(30)14-21)25-13-11-22(36-25)15-31-32-27(35)19-6-8-20(9-7-19)28-33(26(34)17-37-28)16-18-4-2-1-3-5-18/h1-15,28H,16-17H2,(H,32,35)/b31-15-/t28-/m0/s1. The molecule has 6 nitrogen and oxygen atoms in total. The highest BCUT2D eigenvalue weighted by Crippen LogP contribution is 2.39. The molecule has 1 atom stereocenters. The van der Waals surface area contributed by atoms with Crippen LogP contribution in [0.3, 0.4) is 0 Å². The molecule has 1 aliphatic rings. The predicted molar refractivity (Wildman–Crippen MR) is 148 cm³/mol. The van der Waals surface area contributed by atoms with Crippen molar-refractivity contribution < 1.29 is 14.0 Å². The van der Waals surface area contributed by atoms with Crippen molar-refractivity contribution in [3.63, 3.8) is 0 Å². The molecule has 4 aromatic rings. The Morgan fingerprint density at radius 1 is 1.05 bits per heavy atom. The van der Waals surface area contributed by atoms with Crippen LogP contribution in [0.2, 0.25) is 10.0 Å². The largest absolute Gasteiger partial charge is 0.455 e. The number of halogens is 2. The lowest BCUT2D eigenvalue weighted by Gasteiger charge is -2.24. The van der Waals surface area contributed by atoms with Crippen LogP contribution in [0.1, 0.15) is 32.6 Å². The fraction of sp³-hybridized carbons (Fsp3) is 0.107. The number of thioether (sulfide) groups is 1. The first-order valence-electron chi connectivity index (χ1n) is 11.4. The highest BCUT2D eigenvalue weighted by Gasteiger charge is 2.32. The third-order valence-corrected chi connectivity index (χ3v) is 7.61. The summed E-state index contributed by atoms with van der Waals surface area (Å²) in [7, 11) is 0. The summed E-state index contributed by atoms with van der Waals surface area (Å²) in [6.45, 7) is 0.549. The van der Waals surface area contributed by atoms with Crippen LogP contribution in [-0.4, -0.2) is 28.7 Å². The molecule has 0 unspecified atom stereocenters. The van der Waals surface area contributed by atoms with E-state index in [4.69, 9.17) is 27.6 Å². The SMILES string of the molecule is O=C(N/N=C\c1ccc(-c2ccc(Cl)cc2Cl)o1)c1ccc([C@@H]2SCC(=O)N2Cc2ccccc2)cc1. The molecule has 1 fully saturated rings. The fourth-order valence-electron chi connectivity index (χ4n) is 3.96. The minimum absolute atomic E-state index is 0.0925. The molecule has 9 heteroatoms. The number of hydrazone groups is 1. The van der Waals surface area contributed by atoms with Gasteiger partial charge in [0.05, 0.1) is 17.0 Å². The molecule has 1 saturated heterocycles. The molecule has 1 aromatic heterocycles. The van der Waals surface area contributed by atoms with Gasteiger partial charge < -0.3 is 9.32 Å². The Morgan fingerprint density at radius 3 is 2.59 bits per heavy atom. The monoisotopic (exact) mass is 549 g/mol. The molecule has 186 valence electrons. The van der Waals surface area contributed by atoms with Gasteiger partial charge in [0.15, 0.2) is 0 Å². The highest BCUT2D eigenvalue weighted by atomic mass is 35.5. The molecular weight excluding hydrogens is 529 g/mol. The van der Waals surface area contributed by atoms with E-state index < -0.39 is 0 Å². The second-order valence-corrected chi connectivity index (χ2v) is 10.2. The molecule has 0 spiro atoms. The van der Waals surface area contributed by atoms with E-state index in [2.05, 4.69) is 10.5 Å². The average Bonchev–Trinajstić information content (AvgIpc) is 3.51. The molecule has 1 aliphatic heterocycles. The second kappa shape index (κ2) is 11.3. The Morgan fingerprint density at radius 2 is 1.84 bits per heavy atom. The quantitative estimate of drug-likeness (QED) is 0.203. The van der Waals surface area contributed by atoms with Crippen molar-refractivity contribution >= 4 is 53.0 Å². The lowest BCUT2D eigenvalue weighted by atomic mass is 10.1. The average molecular weight is 550 g/mol. The Bertz CT molecular complexity index is 1460. The number of nitrogens with one attached hydrogen (secondary N) is 1. The molecule has 3 aromatic carbocycles. The maximum atomic E-state index is 12.6. The first-order chi connectivity index (χ1) is 18.0. The first-order valence-corrected chi connectivity index (χ1v) is 13.2. The fourth-order valence-corrected chi connectivity index (χ4v) is 5.65. The summed E-state index contributed by atoms with van der Waals surface area (Å²) in [5.74, 6) is 1.21. The zero-order chi connectivity index (χ0) is 25.8. The van der Waals surface area contributed by atoms with Gasteiger partial charge in [-0.25, -0.2) is 5.43 Å². The van der Waals surface area contributed by atoms with Gasteiger partial charge in [0.25, 0.3) is 5.91 Å². The van der Waals surface area contributed by atoms with Crippen molar-refractivity contribution in [2.75, 3.05) is 5.75 Å². The molecule has 0 saturated carbocycles. The third kappa shape index (κ3) is 5.91. The van der Waals surface area contributed by atoms with Crippen molar-refractivity contribution in [2.24, 2.45) is 5.10 Å². The van der Waals surface area contributed by atoms with E-state index >= 15 is 0 Å². The van der Waals surface area contributed by atoms with Gasteiger partial charge in [-0.05, 0) is 53.6 Å². The number of nitrogens with zero attached hydrogens (tertiary/aromatic N) is 2. The Balaban J connectivity index is 1.21. The summed E-state index contributed by atoms with van der Waals surface area (Å²) in [5, 5.41) is 4.93. The van der Waals surface area contributed by atoms with Crippen LogP contribution in [0.5, 0.6) is 0 Å². The molecule has 37 heavy (non-hydrogen) atoms. The smallest absolute Gasteiger partial charge is 0.271 e. The van der Waals surface area contributed by atoms with Gasteiger partial charge in [-0.15, -0.1) is 11.8 Å². The van der Waals surface area contributed by atoms with E-state index in [1.807, 2.05) is 47.4 Å². The van der Waals surface area contributed by atoms with E-state index in [0.29, 0.717) is 45.0 Å². The molecule has 2 amide bonds. The number of amides is 2. The first kappa shape index (κ1) is 25.1. The maximum absolute atomic E-state index is 12.6. The number of benzene rings is 3. The van der Waals surface area contributed by atoms with Crippen LogP contribution in [0.15, 0.2) is 94.4 Å². The van der Waals surface area contributed by atoms with Crippen molar-refractivity contribution in [2.45, 2.75) is 11.9 Å². The minimum atomic E-state index is -0.355. The Kier molecular flexibility index (Phi) is 7.65. The number of furan rings is 1. The molecular formula is C28H21Cl2N3O3S. The van der Waals surface area contributed by atoms with Crippen molar-refractivity contribution in [3.8, 4) is 11.3 Å². The summed E-state index contributed by atoms with van der Waals surface area (Å²) in [4.78, 5) is 26.9. The van der Waals surface area contributed by atoms with Gasteiger partial charge in [0.1, 0.15) is 16.9 Å². The zero-order valence-corrected chi connectivity index (χ0v) is 21.8. The molecule has 5 rings (SSSR count). The molecule has 0 radical (unpaired) electrons. The summed E-state index contributed by atoms with van der Waals surface area (Å²) in [6.07, 6.45) is 1.42. The summed E-state index contributed by atoms with van der Waals surface area (Å²) in [5.41, 5.74) is 5.72. The van der Waals surface area contributed by atoms with Crippen molar-refractivity contribution in [3.05, 3.63) is 117 Å². The van der Waals surface area contributed by atoms with Crippen LogP contribution in [0.25, 0.3) is 11.3 Å². The van der Waals surface area contributed by atoms with Crippen LogP contribution in [0, 0.1) is 0 Å². The third-order valence-electron chi connectivity index (χ3n) is 5.80.